The first-order chi connectivity index (χ1) is 7.24. The molecular weight excluding hydrogens is 208 g/mol. The molecule has 5 heteroatoms. The fourth-order valence-corrected chi connectivity index (χ4v) is 2.03. The summed E-state index contributed by atoms with van der Waals surface area (Å²) in [5, 5.41) is 21.5. The number of nitrogens with two attached hydrogens (primary N) is 1. The largest absolute Gasteiger partial charge is 0.396 e. The molecule has 0 saturated heterocycles. The van der Waals surface area contributed by atoms with Gasteiger partial charge in [-0.3, -0.25) is 0 Å². The van der Waals surface area contributed by atoms with Crippen LogP contribution in [0.5, 0.6) is 0 Å². The van der Waals surface area contributed by atoms with Gasteiger partial charge < -0.3 is 11.1 Å². The summed E-state index contributed by atoms with van der Waals surface area (Å²) >= 11 is 1.24. The van der Waals surface area contributed by atoms with Crippen LogP contribution >= 0.6 is 11.3 Å². The van der Waals surface area contributed by atoms with Crippen LogP contribution in [-0.2, 0) is 0 Å². The predicted octanol–water partition coefficient (Wildman–Crippen LogP) is 2.29. The van der Waals surface area contributed by atoms with Crippen molar-refractivity contribution in [2.75, 3.05) is 17.6 Å². The highest BCUT2D eigenvalue weighted by Crippen LogP contribution is 2.34. The zero-order valence-electron chi connectivity index (χ0n) is 8.50. The van der Waals surface area contributed by atoms with Gasteiger partial charge in [-0.15, -0.1) is 11.3 Å². The molecule has 4 nitrogen and oxygen atoms in total. The lowest BCUT2D eigenvalue weighted by molar-refractivity contribution is 0.836. The van der Waals surface area contributed by atoms with Crippen LogP contribution in [0.15, 0.2) is 0 Å². The number of hydrogen-bond donors (Lipinski definition) is 2. The minimum atomic E-state index is 0.295. The highest BCUT2D eigenvalue weighted by atomic mass is 32.1. The molecule has 0 unspecified atom stereocenters. The maximum absolute atomic E-state index is 8.89. The SMILES string of the molecule is CCCCNc1sc(C#N)c(N)c1C#N. The summed E-state index contributed by atoms with van der Waals surface area (Å²) in [5.74, 6) is 0. The lowest BCUT2D eigenvalue weighted by atomic mass is 10.2. The van der Waals surface area contributed by atoms with Crippen molar-refractivity contribution in [2.24, 2.45) is 0 Å². The number of nitrogen functional groups attached to an aromatic ring is 1. The molecule has 0 spiro atoms. The van der Waals surface area contributed by atoms with E-state index in [9.17, 15) is 0 Å². The van der Waals surface area contributed by atoms with Gasteiger partial charge in [0.15, 0.2) is 0 Å². The number of thiophene rings is 1. The Morgan fingerprint density at radius 2 is 2.13 bits per heavy atom. The highest BCUT2D eigenvalue weighted by Gasteiger charge is 2.14. The number of rotatable bonds is 4. The second-order valence-corrected chi connectivity index (χ2v) is 4.07. The summed E-state index contributed by atoms with van der Waals surface area (Å²) in [6, 6.07) is 4.00. The van der Waals surface area contributed by atoms with Crippen molar-refractivity contribution < 1.29 is 0 Å². The van der Waals surface area contributed by atoms with Gasteiger partial charge in [-0.25, -0.2) is 0 Å². The van der Waals surface area contributed by atoms with E-state index < -0.39 is 0 Å². The Balaban J connectivity index is 2.89. The summed E-state index contributed by atoms with van der Waals surface area (Å²) in [4.78, 5) is 0.408. The molecule has 3 N–H and O–H groups in total. The molecule has 0 bridgehead atoms. The van der Waals surface area contributed by atoms with Crippen LogP contribution < -0.4 is 11.1 Å². The van der Waals surface area contributed by atoms with Gasteiger partial charge in [0.2, 0.25) is 0 Å². The third kappa shape index (κ3) is 2.39. The van der Waals surface area contributed by atoms with Gasteiger partial charge in [0.1, 0.15) is 27.6 Å². The lowest BCUT2D eigenvalue weighted by Gasteiger charge is -2.01. The standard InChI is InChI=1S/C10H12N4S/c1-2-3-4-14-10-7(5-11)9(13)8(6-12)15-10/h14H,2-4,13H2,1H3. The Labute approximate surface area is 92.9 Å². The average molecular weight is 220 g/mol. The summed E-state index contributed by atoms with van der Waals surface area (Å²) in [6.07, 6.45) is 2.12. The van der Waals surface area contributed by atoms with Crippen molar-refractivity contribution in [3.8, 4) is 12.1 Å². The van der Waals surface area contributed by atoms with Crippen molar-refractivity contribution in [1.82, 2.24) is 0 Å². The topological polar surface area (TPSA) is 85.6 Å². The first-order valence-electron chi connectivity index (χ1n) is 4.70. The molecule has 0 aliphatic heterocycles. The Hall–Kier alpha value is -1.72. The Morgan fingerprint density at radius 3 is 2.67 bits per heavy atom. The third-order valence-corrected chi connectivity index (χ3v) is 3.04. The fraction of sp³-hybridized carbons (Fsp3) is 0.400. The predicted molar refractivity (Wildman–Crippen MR) is 61.6 cm³/mol. The van der Waals surface area contributed by atoms with E-state index in [2.05, 4.69) is 12.2 Å². The minimum Gasteiger partial charge on any atom is -0.396 e. The molecule has 0 saturated carbocycles. The van der Waals surface area contributed by atoms with E-state index in [4.69, 9.17) is 16.3 Å². The molecule has 1 rings (SSSR count). The van der Waals surface area contributed by atoms with E-state index in [1.165, 1.54) is 11.3 Å². The molecule has 0 atom stereocenters. The molecule has 0 aliphatic rings. The van der Waals surface area contributed by atoms with Crippen LogP contribution in [-0.4, -0.2) is 6.54 Å². The van der Waals surface area contributed by atoms with E-state index in [-0.39, 0.29) is 0 Å². The summed E-state index contributed by atoms with van der Waals surface area (Å²) < 4.78 is 0. The average Bonchev–Trinajstić information content (AvgIpc) is 2.55. The van der Waals surface area contributed by atoms with Crippen LogP contribution in [0, 0.1) is 22.7 Å². The number of unbranched alkanes of at least 4 members (excludes halogenated alkanes) is 1. The van der Waals surface area contributed by atoms with Gasteiger partial charge in [0, 0.05) is 6.54 Å². The molecule has 1 heterocycles. The zero-order valence-corrected chi connectivity index (χ0v) is 9.32. The molecule has 0 aromatic carbocycles. The van der Waals surface area contributed by atoms with Crippen molar-refractivity contribution in [3.05, 3.63) is 10.4 Å². The minimum absolute atomic E-state index is 0.295. The molecule has 1 aromatic rings. The van der Waals surface area contributed by atoms with Gasteiger partial charge >= 0.3 is 0 Å². The van der Waals surface area contributed by atoms with Crippen molar-refractivity contribution in [2.45, 2.75) is 19.8 Å². The number of nitrogens with zero attached hydrogens (tertiary/aromatic N) is 2. The molecule has 0 amide bonds. The zero-order chi connectivity index (χ0) is 11.3. The van der Waals surface area contributed by atoms with Gasteiger partial charge in [-0.05, 0) is 6.42 Å². The highest BCUT2D eigenvalue weighted by molar-refractivity contribution is 7.17. The molecule has 1 aromatic heterocycles. The van der Waals surface area contributed by atoms with Gasteiger partial charge in [-0.2, -0.15) is 10.5 Å². The molecular formula is C10H12N4S. The van der Waals surface area contributed by atoms with E-state index in [1.54, 1.807) is 0 Å². The number of nitriles is 2. The first-order valence-corrected chi connectivity index (χ1v) is 5.52. The third-order valence-electron chi connectivity index (χ3n) is 1.97. The fourth-order valence-electron chi connectivity index (χ4n) is 1.14. The number of nitrogens with one attached hydrogen (secondary N) is 1. The maximum Gasteiger partial charge on any atom is 0.131 e. The van der Waals surface area contributed by atoms with Crippen LogP contribution in [0.2, 0.25) is 0 Å². The van der Waals surface area contributed by atoms with Crippen LogP contribution in [0.25, 0.3) is 0 Å². The quantitative estimate of drug-likeness (QED) is 0.762. The van der Waals surface area contributed by atoms with Crippen molar-refractivity contribution in [3.63, 3.8) is 0 Å². The van der Waals surface area contributed by atoms with Gasteiger partial charge in [-0.1, -0.05) is 13.3 Å². The molecule has 0 radical (unpaired) electrons. The summed E-state index contributed by atoms with van der Waals surface area (Å²) in [6.45, 7) is 2.90. The second-order valence-electron chi connectivity index (χ2n) is 3.05. The molecule has 78 valence electrons. The lowest BCUT2D eigenvalue weighted by Crippen LogP contribution is -2.00. The molecule has 0 fully saturated rings. The summed E-state index contributed by atoms with van der Waals surface area (Å²) in [7, 11) is 0. The first kappa shape index (κ1) is 11.4. The van der Waals surface area contributed by atoms with E-state index >= 15 is 0 Å². The van der Waals surface area contributed by atoms with Crippen LogP contribution in [0.3, 0.4) is 0 Å². The monoisotopic (exact) mass is 220 g/mol. The van der Waals surface area contributed by atoms with Gasteiger partial charge in [0.25, 0.3) is 0 Å². The molecule has 15 heavy (non-hydrogen) atoms. The van der Waals surface area contributed by atoms with Crippen molar-refractivity contribution in [1.29, 1.82) is 10.5 Å². The summed E-state index contributed by atoms with van der Waals surface area (Å²) in [5.41, 5.74) is 6.35. The Kier molecular flexibility index (Phi) is 3.96. The van der Waals surface area contributed by atoms with E-state index in [1.807, 2.05) is 12.1 Å². The normalized spacial score (nSPS) is 9.27. The van der Waals surface area contributed by atoms with E-state index in [0.29, 0.717) is 21.1 Å². The Morgan fingerprint density at radius 1 is 1.40 bits per heavy atom. The Bertz CT molecular complexity index is 422. The van der Waals surface area contributed by atoms with Crippen molar-refractivity contribution >= 4 is 22.0 Å². The second kappa shape index (κ2) is 5.23. The van der Waals surface area contributed by atoms with Crippen LogP contribution in [0.4, 0.5) is 10.7 Å². The number of hydrogen-bond acceptors (Lipinski definition) is 5. The van der Waals surface area contributed by atoms with E-state index in [0.717, 1.165) is 19.4 Å². The maximum atomic E-state index is 8.89. The number of anilines is 2. The van der Waals surface area contributed by atoms with Gasteiger partial charge in [0.05, 0.1) is 5.69 Å². The molecule has 0 aliphatic carbocycles. The van der Waals surface area contributed by atoms with Crippen LogP contribution in [0.1, 0.15) is 30.2 Å². The smallest absolute Gasteiger partial charge is 0.131 e.